The zero-order valence-electron chi connectivity index (χ0n) is 12.2. The molecule has 0 spiro atoms. The van der Waals surface area contributed by atoms with Gasteiger partial charge in [-0.1, -0.05) is 18.2 Å². The minimum absolute atomic E-state index is 0. The number of hydrogen-bond acceptors (Lipinski definition) is 2. The normalized spacial score (nSPS) is 25.1. The van der Waals surface area contributed by atoms with E-state index in [1.807, 2.05) is 6.08 Å². The summed E-state index contributed by atoms with van der Waals surface area (Å²) in [6.45, 7) is 6.14. The number of rotatable bonds is 3. The van der Waals surface area contributed by atoms with Crippen LogP contribution in [-0.4, -0.2) is 31.1 Å². The van der Waals surface area contributed by atoms with Crippen molar-refractivity contribution in [2.24, 2.45) is 5.92 Å². The van der Waals surface area contributed by atoms with Gasteiger partial charge in [0.2, 0.25) is 0 Å². The molecule has 0 amide bonds. The van der Waals surface area contributed by atoms with E-state index < -0.39 is 0 Å². The number of hydrogen-bond donors (Lipinski definition) is 0. The van der Waals surface area contributed by atoms with E-state index in [-0.39, 0.29) is 12.4 Å². The second-order valence-corrected chi connectivity index (χ2v) is 5.76. The summed E-state index contributed by atoms with van der Waals surface area (Å²) in [5, 5.41) is 0. The molecule has 2 nitrogen and oxygen atoms in total. The molecule has 2 unspecified atom stereocenters. The summed E-state index contributed by atoms with van der Waals surface area (Å²) < 4.78 is 5.55. The molecule has 3 heteroatoms. The number of nitrogens with zero attached hydrogens (tertiary/aromatic N) is 1. The molecule has 20 heavy (non-hydrogen) atoms. The Morgan fingerprint density at radius 2 is 2.25 bits per heavy atom. The summed E-state index contributed by atoms with van der Waals surface area (Å²) in [6, 6.07) is 7.18. The molecule has 0 radical (unpaired) electrons. The van der Waals surface area contributed by atoms with Crippen LogP contribution in [0.4, 0.5) is 0 Å². The van der Waals surface area contributed by atoms with Gasteiger partial charge in [-0.05, 0) is 55.3 Å². The molecule has 2 aliphatic rings. The summed E-state index contributed by atoms with van der Waals surface area (Å²) >= 11 is 0. The third-order valence-electron chi connectivity index (χ3n) is 4.74. The summed E-state index contributed by atoms with van der Waals surface area (Å²) in [5.41, 5.74) is 2.93. The maximum absolute atomic E-state index is 5.55. The van der Waals surface area contributed by atoms with Crippen LogP contribution in [0.1, 0.15) is 24.0 Å². The standard InChI is InChI=1S/C17H23NO.ClH/c1-3-9-18-10-5-7-14-11-13-6-4-8-17(19-2)15(13)12-16(14)18;/h3-4,6,8,14,16H,1,5,7,9-12H2,2H3;1H. The molecular weight excluding hydrogens is 270 g/mol. The SMILES string of the molecule is C=CCN1CCCC2Cc3cccc(OC)c3CC21.Cl. The fourth-order valence-electron chi connectivity index (χ4n) is 3.86. The molecular formula is C17H24ClNO. The number of piperidine rings is 1. The Kier molecular flexibility index (Phi) is 5.11. The lowest BCUT2D eigenvalue weighted by Crippen LogP contribution is -2.49. The fraction of sp³-hybridized carbons (Fsp3) is 0.529. The van der Waals surface area contributed by atoms with E-state index in [2.05, 4.69) is 29.7 Å². The molecule has 110 valence electrons. The lowest BCUT2D eigenvalue weighted by atomic mass is 9.75. The monoisotopic (exact) mass is 293 g/mol. The molecule has 0 N–H and O–H groups in total. The number of ether oxygens (including phenoxy) is 1. The average molecular weight is 294 g/mol. The lowest BCUT2D eigenvalue weighted by Gasteiger charge is -2.44. The van der Waals surface area contributed by atoms with Crippen molar-refractivity contribution in [2.45, 2.75) is 31.7 Å². The molecule has 1 heterocycles. The van der Waals surface area contributed by atoms with Crippen molar-refractivity contribution in [2.75, 3.05) is 20.2 Å². The van der Waals surface area contributed by atoms with Crippen molar-refractivity contribution in [3.8, 4) is 5.75 Å². The maximum Gasteiger partial charge on any atom is 0.122 e. The Hall–Kier alpha value is -0.990. The highest BCUT2D eigenvalue weighted by Gasteiger charge is 2.35. The van der Waals surface area contributed by atoms with Gasteiger partial charge in [0.1, 0.15) is 5.75 Å². The average Bonchev–Trinajstić information content (AvgIpc) is 2.45. The van der Waals surface area contributed by atoms with Gasteiger partial charge in [-0.3, -0.25) is 4.90 Å². The molecule has 0 bridgehead atoms. The maximum atomic E-state index is 5.55. The van der Waals surface area contributed by atoms with Crippen LogP contribution in [0.5, 0.6) is 5.75 Å². The van der Waals surface area contributed by atoms with Crippen molar-refractivity contribution in [1.82, 2.24) is 4.90 Å². The van der Waals surface area contributed by atoms with E-state index in [0.29, 0.717) is 6.04 Å². The highest BCUT2D eigenvalue weighted by atomic mass is 35.5. The number of methoxy groups -OCH3 is 1. The Labute approximate surface area is 128 Å². The second-order valence-electron chi connectivity index (χ2n) is 5.76. The van der Waals surface area contributed by atoms with Crippen LogP contribution in [0.2, 0.25) is 0 Å². The van der Waals surface area contributed by atoms with Gasteiger partial charge in [0.25, 0.3) is 0 Å². The molecule has 1 aromatic carbocycles. The van der Waals surface area contributed by atoms with E-state index >= 15 is 0 Å². The molecule has 3 rings (SSSR count). The van der Waals surface area contributed by atoms with Gasteiger partial charge in [-0.2, -0.15) is 0 Å². The first-order chi connectivity index (χ1) is 9.33. The number of halogens is 1. The predicted octanol–water partition coefficient (Wildman–Crippen LogP) is 3.48. The van der Waals surface area contributed by atoms with Crippen molar-refractivity contribution in [3.05, 3.63) is 42.0 Å². The third-order valence-corrected chi connectivity index (χ3v) is 4.74. The Bertz CT molecular complexity index is 474. The predicted molar refractivity (Wildman–Crippen MR) is 85.9 cm³/mol. The Morgan fingerprint density at radius 1 is 1.40 bits per heavy atom. The Morgan fingerprint density at radius 3 is 3.00 bits per heavy atom. The van der Waals surface area contributed by atoms with E-state index in [9.17, 15) is 0 Å². The summed E-state index contributed by atoms with van der Waals surface area (Å²) in [7, 11) is 1.78. The van der Waals surface area contributed by atoms with Crippen LogP contribution >= 0.6 is 12.4 Å². The van der Waals surface area contributed by atoms with Gasteiger partial charge < -0.3 is 4.74 Å². The van der Waals surface area contributed by atoms with Gasteiger partial charge >= 0.3 is 0 Å². The summed E-state index contributed by atoms with van der Waals surface area (Å²) in [5.74, 6) is 1.88. The van der Waals surface area contributed by atoms with Crippen molar-refractivity contribution in [1.29, 1.82) is 0 Å². The van der Waals surface area contributed by atoms with Gasteiger partial charge in [0.05, 0.1) is 7.11 Å². The van der Waals surface area contributed by atoms with Gasteiger partial charge in [-0.15, -0.1) is 19.0 Å². The van der Waals surface area contributed by atoms with Gasteiger partial charge in [0, 0.05) is 12.6 Å². The Balaban J connectivity index is 0.00000147. The first-order valence-electron chi connectivity index (χ1n) is 7.33. The molecule has 0 aromatic heterocycles. The van der Waals surface area contributed by atoms with Crippen molar-refractivity contribution in [3.63, 3.8) is 0 Å². The van der Waals surface area contributed by atoms with E-state index in [1.165, 1.54) is 36.9 Å². The zero-order valence-corrected chi connectivity index (χ0v) is 13.0. The minimum atomic E-state index is 0. The van der Waals surface area contributed by atoms with Crippen LogP contribution in [0, 0.1) is 5.92 Å². The molecule has 1 aliphatic carbocycles. The highest BCUT2D eigenvalue weighted by molar-refractivity contribution is 5.85. The van der Waals surface area contributed by atoms with Crippen LogP contribution in [-0.2, 0) is 12.8 Å². The fourth-order valence-corrected chi connectivity index (χ4v) is 3.86. The topological polar surface area (TPSA) is 12.5 Å². The van der Waals surface area contributed by atoms with Gasteiger partial charge in [-0.25, -0.2) is 0 Å². The van der Waals surface area contributed by atoms with Crippen LogP contribution in [0.15, 0.2) is 30.9 Å². The van der Waals surface area contributed by atoms with E-state index in [1.54, 1.807) is 7.11 Å². The summed E-state index contributed by atoms with van der Waals surface area (Å²) in [4.78, 5) is 2.61. The highest BCUT2D eigenvalue weighted by Crippen LogP contribution is 2.38. The van der Waals surface area contributed by atoms with Crippen LogP contribution in [0.25, 0.3) is 0 Å². The zero-order chi connectivity index (χ0) is 13.2. The van der Waals surface area contributed by atoms with Crippen LogP contribution in [0.3, 0.4) is 0 Å². The molecule has 1 aromatic rings. The third kappa shape index (κ3) is 2.72. The van der Waals surface area contributed by atoms with E-state index in [0.717, 1.165) is 24.6 Å². The second kappa shape index (κ2) is 6.64. The molecule has 2 atom stereocenters. The number of likely N-dealkylation sites (tertiary alicyclic amines) is 1. The molecule has 1 aliphatic heterocycles. The van der Waals surface area contributed by atoms with Crippen LogP contribution < -0.4 is 4.74 Å². The molecule has 1 fully saturated rings. The quantitative estimate of drug-likeness (QED) is 0.791. The van der Waals surface area contributed by atoms with Crippen molar-refractivity contribution >= 4 is 12.4 Å². The summed E-state index contributed by atoms with van der Waals surface area (Å²) in [6.07, 6.45) is 7.09. The largest absolute Gasteiger partial charge is 0.496 e. The van der Waals surface area contributed by atoms with Crippen molar-refractivity contribution < 1.29 is 4.74 Å². The van der Waals surface area contributed by atoms with E-state index in [4.69, 9.17) is 4.74 Å². The number of benzene rings is 1. The molecule has 0 saturated carbocycles. The first-order valence-corrected chi connectivity index (χ1v) is 7.33. The molecule has 1 saturated heterocycles. The lowest BCUT2D eigenvalue weighted by molar-refractivity contribution is 0.0965. The number of fused-ring (bicyclic) bond motifs is 2. The van der Waals surface area contributed by atoms with Gasteiger partial charge in [0.15, 0.2) is 0 Å². The first kappa shape index (κ1) is 15.4. The smallest absolute Gasteiger partial charge is 0.122 e. The minimum Gasteiger partial charge on any atom is -0.496 e.